The van der Waals surface area contributed by atoms with Gasteiger partial charge >= 0.3 is 5.51 Å². The molecule has 3 aliphatic rings. The highest BCUT2D eigenvalue weighted by atomic mass is 35.5. The van der Waals surface area contributed by atoms with Gasteiger partial charge in [-0.2, -0.15) is 24.5 Å². The van der Waals surface area contributed by atoms with E-state index in [9.17, 15) is 27.6 Å². The number of amides is 2. The molecule has 3 unspecified atom stereocenters. The number of anilines is 3. The molecule has 536 valence electrons. The number of aldehydes is 1. The van der Waals surface area contributed by atoms with Crippen LogP contribution in [0.15, 0.2) is 138 Å². The van der Waals surface area contributed by atoms with E-state index in [0.29, 0.717) is 42.5 Å². The summed E-state index contributed by atoms with van der Waals surface area (Å²) in [6, 6.07) is 40.1. The molecule has 0 saturated carbocycles. The Balaban J connectivity index is 0.00000105. The molecular weight excluding hydrogens is 1310 g/mol. The van der Waals surface area contributed by atoms with E-state index in [2.05, 4.69) is 140 Å². The normalized spacial score (nSPS) is 15.8. The summed E-state index contributed by atoms with van der Waals surface area (Å²) in [6.45, 7) is 26.5. The second-order valence-electron chi connectivity index (χ2n) is 24.4. The van der Waals surface area contributed by atoms with Gasteiger partial charge in [0.15, 0.2) is 5.75 Å². The van der Waals surface area contributed by atoms with E-state index in [0.717, 1.165) is 156 Å². The molecule has 5 N–H and O–H groups in total. The molecule has 2 aliphatic heterocycles. The van der Waals surface area contributed by atoms with Crippen molar-refractivity contribution >= 4 is 86.0 Å². The van der Waals surface area contributed by atoms with E-state index in [1.807, 2.05) is 69.4 Å². The molecule has 2 heterocycles. The second-order valence-corrected chi connectivity index (χ2v) is 27.7. The average Bonchev–Trinajstić information content (AvgIpc) is 0.835. The predicted molar refractivity (Wildman–Crippen MR) is 403 cm³/mol. The number of hydrogen-bond donors (Lipinski definition) is 4. The lowest BCUT2D eigenvalue weighted by Crippen LogP contribution is -2.47. The van der Waals surface area contributed by atoms with Gasteiger partial charge in [0.25, 0.3) is 0 Å². The van der Waals surface area contributed by atoms with Crippen LogP contribution >= 0.6 is 45.2 Å². The second kappa shape index (κ2) is 46.0. The van der Waals surface area contributed by atoms with E-state index in [-0.39, 0.29) is 53.1 Å². The summed E-state index contributed by atoms with van der Waals surface area (Å²) in [6.07, 6.45) is 13.0. The smallest absolute Gasteiger partial charge is 0.378 e. The molecular formula is C75H109ClF3N9O6S3. The van der Waals surface area contributed by atoms with E-state index in [1.54, 1.807) is 50.2 Å². The number of carbonyl (C=O) groups excluding carboxylic acids is 3. The SMILES string of the molecule is C.C=CCCN(CCC)CCC(CSc1ccccc1)Nc1ccc(Cc2ccc(N3CCN(CC4=C(c5ccc(Cl)cc5)CCC(CN5CCC(c6ccc(C)c(N(C)C(C)=O)c6)CC5)C4)CC3)cc2)cc1OOSSC(F)(F)F.CC.CNC(=O)CCC(C)C=O.CNON. The lowest BCUT2D eigenvalue weighted by molar-refractivity contribution is -0.121. The number of alkyl halides is 3. The maximum absolute atomic E-state index is 13.1. The first-order valence-electron chi connectivity index (χ1n) is 33.8. The molecule has 0 spiro atoms. The summed E-state index contributed by atoms with van der Waals surface area (Å²) in [7, 11) is 4.69. The Bertz CT molecular complexity index is 3100. The summed E-state index contributed by atoms with van der Waals surface area (Å²) >= 11 is 8.32. The lowest BCUT2D eigenvalue weighted by atomic mass is 9.80. The number of thioether (sulfide) groups is 1. The molecule has 2 saturated heterocycles. The highest BCUT2D eigenvalue weighted by molar-refractivity contribution is 8.75. The van der Waals surface area contributed by atoms with Crippen molar-refractivity contribution < 1.29 is 41.7 Å². The molecule has 97 heavy (non-hydrogen) atoms. The summed E-state index contributed by atoms with van der Waals surface area (Å²) in [5.74, 6) is 6.70. The molecule has 22 heteroatoms. The molecule has 2 amide bonds. The van der Waals surface area contributed by atoms with E-state index >= 15 is 0 Å². The fraction of sp³-hybridized carbons (Fsp3) is 0.507. The highest BCUT2D eigenvalue weighted by Crippen LogP contribution is 2.42. The van der Waals surface area contributed by atoms with Crippen LogP contribution in [0.3, 0.4) is 0 Å². The van der Waals surface area contributed by atoms with Crippen molar-refractivity contribution in [3.05, 3.63) is 166 Å². The number of piperidine rings is 1. The zero-order valence-corrected chi connectivity index (χ0v) is 61.1. The van der Waals surface area contributed by atoms with Crippen molar-refractivity contribution in [1.82, 2.24) is 25.5 Å². The van der Waals surface area contributed by atoms with E-state index in [4.69, 9.17) is 20.8 Å². The number of allylic oxidation sites excluding steroid dienone is 1. The first-order chi connectivity index (χ1) is 46.3. The Morgan fingerprint density at radius 2 is 1.55 bits per heavy atom. The predicted octanol–water partition coefficient (Wildman–Crippen LogP) is 16.9. The number of hydrogen-bond acceptors (Lipinski definition) is 16. The topological polar surface area (TPSA) is 157 Å². The van der Waals surface area contributed by atoms with Crippen LogP contribution in [0.2, 0.25) is 5.02 Å². The number of carbonyl (C=O) groups is 3. The lowest BCUT2D eigenvalue weighted by Gasteiger charge is -2.39. The average molecular weight is 1420 g/mol. The van der Waals surface area contributed by atoms with Crippen LogP contribution in [0.25, 0.3) is 5.57 Å². The molecule has 0 radical (unpaired) electrons. The Morgan fingerprint density at radius 1 is 0.866 bits per heavy atom. The summed E-state index contributed by atoms with van der Waals surface area (Å²) < 4.78 is 44.4. The van der Waals surface area contributed by atoms with Crippen LogP contribution in [0.4, 0.5) is 30.2 Å². The van der Waals surface area contributed by atoms with Gasteiger partial charge in [-0.1, -0.05) is 119 Å². The number of piperazine rings is 1. The molecule has 8 rings (SSSR count). The van der Waals surface area contributed by atoms with E-state index < -0.39 is 5.51 Å². The van der Waals surface area contributed by atoms with Crippen LogP contribution in [0.1, 0.15) is 140 Å². The minimum Gasteiger partial charge on any atom is -0.378 e. The maximum Gasteiger partial charge on any atom is 0.454 e. The van der Waals surface area contributed by atoms with Gasteiger partial charge in [0.1, 0.15) is 17.4 Å². The number of rotatable bonds is 32. The number of hydroxylamine groups is 1. The molecule has 3 atom stereocenters. The van der Waals surface area contributed by atoms with Gasteiger partial charge in [0, 0.05) is 126 Å². The highest BCUT2D eigenvalue weighted by Gasteiger charge is 2.31. The Morgan fingerprint density at radius 3 is 2.16 bits per heavy atom. The van der Waals surface area contributed by atoms with Gasteiger partial charge in [0.05, 0.1) is 16.5 Å². The van der Waals surface area contributed by atoms with Gasteiger partial charge in [-0.3, -0.25) is 14.5 Å². The quantitative estimate of drug-likeness (QED) is 0.00471. The number of nitrogens with zero attached hydrogens (tertiary/aromatic N) is 5. The van der Waals surface area contributed by atoms with Crippen LogP contribution in [-0.2, 0) is 30.1 Å². The van der Waals surface area contributed by atoms with Crippen molar-refractivity contribution in [3.63, 3.8) is 0 Å². The van der Waals surface area contributed by atoms with Crippen LogP contribution < -0.4 is 36.7 Å². The van der Waals surface area contributed by atoms with Crippen LogP contribution in [0, 0.1) is 18.8 Å². The third kappa shape index (κ3) is 30.4. The molecule has 0 bridgehead atoms. The van der Waals surface area contributed by atoms with Crippen molar-refractivity contribution in [2.24, 2.45) is 17.7 Å². The fourth-order valence-electron chi connectivity index (χ4n) is 12.0. The molecule has 15 nitrogen and oxygen atoms in total. The first-order valence-corrected chi connectivity index (χ1v) is 37.2. The van der Waals surface area contributed by atoms with E-state index in [1.165, 1.54) is 33.7 Å². The first kappa shape index (κ1) is 83.9. The fourth-order valence-corrected chi connectivity index (χ4v) is 13.8. The van der Waals surface area contributed by atoms with Crippen molar-refractivity contribution in [3.8, 4) is 5.75 Å². The van der Waals surface area contributed by atoms with Crippen LogP contribution in [0.5, 0.6) is 5.75 Å². The summed E-state index contributed by atoms with van der Waals surface area (Å²) in [5.41, 5.74) is 9.50. The van der Waals surface area contributed by atoms with Gasteiger partial charge in [-0.05, 0) is 191 Å². The number of aryl methyl sites for hydroxylation is 1. The maximum atomic E-state index is 13.1. The number of nitrogens with one attached hydrogen (secondary N) is 3. The number of halogens is 4. The Labute approximate surface area is 595 Å². The van der Waals surface area contributed by atoms with Gasteiger partial charge < -0.3 is 39.9 Å². The van der Waals surface area contributed by atoms with Crippen molar-refractivity contribution in [1.29, 1.82) is 0 Å². The third-order valence-corrected chi connectivity index (χ3v) is 20.2. The minimum absolute atomic E-state index is 0. The Kier molecular flexibility index (Phi) is 39.7. The molecule has 0 aromatic heterocycles. The van der Waals surface area contributed by atoms with Crippen molar-refractivity contribution in [2.45, 2.75) is 142 Å². The molecule has 1 aliphatic carbocycles. The minimum atomic E-state index is -4.47. The summed E-state index contributed by atoms with van der Waals surface area (Å²) in [4.78, 5) is 55.6. The molecule has 2 fully saturated rings. The largest absolute Gasteiger partial charge is 0.454 e. The monoisotopic (exact) mass is 1420 g/mol. The molecule has 5 aromatic rings. The standard InChI is InChI=1S/C64H80ClF3N6O3S3.C7H13NO2.C2H6.CH6N2O.CH4/c1-6-8-32-71(31-7-2)35-30-57(46-78-59-12-10-9-11-13-59)69-61-27-18-50(42-63(61)76-77-80-79-64(66,67)68)40-49-15-24-58(25-16-49)74-38-36-73(37-39-74)45-55-41-51(17-26-60(55)53-20-22-56(65)23-21-53)44-72-33-28-52(29-34-72)54-19-14-47(3)62(43-54)70(5)48(4)75;1-6(5-9)3-4-7(10)8-2;1-2;1-3-4-2;/h6,9-16,18-25,27,42-43,51-52,57,69H,1,7-8,17,26,28-41,44-46H2,2-5H3;5-6H,3-4H2,1-2H3,(H,8,10);1-2H3;3H,2H2,1H3;1H4. The third-order valence-electron chi connectivity index (χ3n) is 17.4. The number of likely N-dealkylation sites (tertiary alicyclic amines) is 1. The summed E-state index contributed by atoms with van der Waals surface area (Å²) in [5, 5.41) is 6.95. The van der Waals surface area contributed by atoms with Gasteiger partial charge in [-0.25, -0.2) is 4.94 Å². The number of nitrogens with two attached hydrogens (primary N) is 1. The van der Waals surface area contributed by atoms with Crippen molar-refractivity contribution in [2.75, 3.05) is 114 Å². The number of benzene rings is 5. The molecule has 5 aromatic carbocycles. The Hall–Kier alpha value is -5.56. The van der Waals surface area contributed by atoms with Gasteiger partial charge in [0.2, 0.25) is 11.8 Å². The zero-order valence-electron chi connectivity index (χ0n) is 57.9. The zero-order chi connectivity index (χ0) is 69.8. The van der Waals surface area contributed by atoms with Crippen LogP contribution in [-0.4, -0.2) is 143 Å². The van der Waals surface area contributed by atoms with Gasteiger partial charge in [-0.15, -0.1) is 22.7 Å².